The van der Waals surface area contributed by atoms with Crippen molar-refractivity contribution in [2.24, 2.45) is 0 Å². The van der Waals surface area contributed by atoms with Gasteiger partial charge < -0.3 is 15.4 Å². The van der Waals surface area contributed by atoms with Crippen LogP contribution in [0.15, 0.2) is 48.5 Å². The summed E-state index contributed by atoms with van der Waals surface area (Å²) in [6.45, 7) is 4.65. The quantitative estimate of drug-likeness (QED) is 0.891. The second-order valence-corrected chi connectivity index (χ2v) is 6.14. The Balaban J connectivity index is 1.53. The van der Waals surface area contributed by atoms with E-state index in [0.717, 1.165) is 24.4 Å². The first-order valence-corrected chi connectivity index (χ1v) is 8.01. The van der Waals surface area contributed by atoms with Gasteiger partial charge in [0.25, 0.3) is 5.91 Å². The number of nitrogens with one attached hydrogen (secondary N) is 2. The van der Waals surface area contributed by atoms with Gasteiger partial charge in [-0.05, 0) is 49.7 Å². The minimum Gasteiger partial charge on any atom is -0.488 e. The predicted molar refractivity (Wildman–Crippen MR) is 92.1 cm³/mol. The van der Waals surface area contributed by atoms with E-state index in [9.17, 15) is 4.79 Å². The highest BCUT2D eigenvalue weighted by Gasteiger charge is 2.21. The largest absolute Gasteiger partial charge is 0.488 e. The minimum absolute atomic E-state index is 0.0406. The molecule has 1 atom stereocenters. The van der Waals surface area contributed by atoms with Crippen molar-refractivity contribution in [3.63, 3.8) is 0 Å². The van der Waals surface area contributed by atoms with Crippen LogP contribution in [-0.2, 0) is 6.42 Å². The molecule has 4 heteroatoms. The minimum atomic E-state index is -0.0406. The Morgan fingerprint density at radius 1 is 1.17 bits per heavy atom. The first kappa shape index (κ1) is 15.4. The fraction of sp³-hybridized carbons (Fsp3) is 0.316. The molecule has 2 N–H and O–H groups in total. The summed E-state index contributed by atoms with van der Waals surface area (Å²) in [4.78, 5) is 11.9. The van der Waals surface area contributed by atoms with E-state index < -0.39 is 0 Å². The van der Waals surface area contributed by atoms with E-state index in [1.807, 2.05) is 56.3 Å². The summed E-state index contributed by atoms with van der Waals surface area (Å²) in [5.41, 5.74) is 2.93. The first-order chi connectivity index (χ1) is 11.1. The smallest absolute Gasteiger partial charge is 0.251 e. The van der Waals surface area contributed by atoms with Crippen molar-refractivity contribution in [2.45, 2.75) is 32.4 Å². The van der Waals surface area contributed by atoms with E-state index in [1.165, 1.54) is 5.56 Å². The summed E-state index contributed by atoms with van der Waals surface area (Å²) < 4.78 is 5.91. The highest BCUT2D eigenvalue weighted by Crippen LogP contribution is 2.28. The molecule has 0 spiro atoms. The second-order valence-electron chi connectivity index (χ2n) is 6.14. The Kier molecular flexibility index (Phi) is 4.51. The third kappa shape index (κ3) is 3.83. The van der Waals surface area contributed by atoms with Crippen LogP contribution in [0.3, 0.4) is 0 Å². The highest BCUT2D eigenvalue weighted by atomic mass is 16.5. The van der Waals surface area contributed by atoms with Crippen LogP contribution in [-0.4, -0.2) is 24.6 Å². The summed E-state index contributed by atoms with van der Waals surface area (Å²) in [6, 6.07) is 15.8. The van der Waals surface area contributed by atoms with Crippen LogP contribution in [0.25, 0.3) is 0 Å². The molecule has 3 rings (SSSR count). The van der Waals surface area contributed by atoms with Crippen LogP contribution in [0, 0.1) is 0 Å². The van der Waals surface area contributed by atoms with Gasteiger partial charge in [-0.3, -0.25) is 4.79 Å². The number of carbonyl (C=O) groups excluding carboxylic acids is 1. The van der Waals surface area contributed by atoms with Crippen molar-refractivity contribution in [1.29, 1.82) is 0 Å². The van der Waals surface area contributed by atoms with E-state index in [-0.39, 0.29) is 18.1 Å². The molecule has 0 saturated heterocycles. The fourth-order valence-corrected chi connectivity index (χ4v) is 2.68. The van der Waals surface area contributed by atoms with E-state index >= 15 is 0 Å². The number of benzene rings is 2. The molecule has 0 fully saturated rings. The fourth-order valence-electron chi connectivity index (χ4n) is 2.68. The van der Waals surface area contributed by atoms with Gasteiger partial charge in [0, 0.05) is 23.7 Å². The molecule has 2 aromatic rings. The van der Waals surface area contributed by atoms with Crippen LogP contribution < -0.4 is 15.4 Å². The van der Waals surface area contributed by atoms with Crippen LogP contribution in [0.2, 0.25) is 0 Å². The molecular formula is C19H22N2O2. The molecule has 23 heavy (non-hydrogen) atoms. The number of ether oxygens (including phenoxy) is 1. The Hall–Kier alpha value is -2.49. The molecule has 0 aromatic heterocycles. The van der Waals surface area contributed by atoms with Crippen molar-refractivity contribution < 1.29 is 9.53 Å². The SMILES string of the molecule is CC(C)NC(=O)c1ccc(NCC2Cc3ccccc3O2)cc1. The lowest BCUT2D eigenvalue weighted by molar-refractivity contribution is 0.0943. The number of para-hydroxylation sites is 1. The van der Waals surface area contributed by atoms with Crippen molar-refractivity contribution in [3.8, 4) is 5.75 Å². The van der Waals surface area contributed by atoms with Crippen LogP contribution in [0.5, 0.6) is 5.75 Å². The second kappa shape index (κ2) is 6.73. The van der Waals surface area contributed by atoms with E-state index in [2.05, 4.69) is 16.7 Å². The van der Waals surface area contributed by atoms with E-state index in [1.54, 1.807) is 0 Å². The molecule has 4 nitrogen and oxygen atoms in total. The van der Waals surface area contributed by atoms with Crippen LogP contribution in [0.4, 0.5) is 5.69 Å². The van der Waals surface area contributed by atoms with Crippen LogP contribution >= 0.6 is 0 Å². The van der Waals surface area contributed by atoms with Crippen molar-refractivity contribution >= 4 is 11.6 Å². The molecular weight excluding hydrogens is 288 g/mol. The number of anilines is 1. The normalized spacial score (nSPS) is 15.9. The summed E-state index contributed by atoms with van der Waals surface area (Å²) in [5, 5.41) is 6.26. The third-order valence-corrected chi connectivity index (χ3v) is 3.81. The zero-order valence-electron chi connectivity index (χ0n) is 13.5. The average Bonchev–Trinajstić information content (AvgIpc) is 2.95. The topological polar surface area (TPSA) is 50.4 Å². The lowest BCUT2D eigenvalue weighted by atomic mass is 10.1. The Morgan fingerprint density at radius 3 is 2.61 bits per heavy atom. The molecule has 0 bridgehead atoms. The zero-order valence-corrected chi connectivity index (χ0v) is 13.5. The van der Waals surface area contributed by atoms with Crippen molar-refractivity contribution in [3.05, 3.63) is 59.7 Å². The lowest BCUT2D eigenvalue weighted by Crippen LogP contribution is -2.30. The summed E-state index contributed by atoms with van der Waals surface area (Å²) >= 11 is 0. The maximum Gasteiger partial charge on any atom is 0.251 e. The molecule has 0 saturated carbocycles. The molecule has 1 aliphatic rings. The monoisotopic (exact) mass is 310 g/mol. The Labute approximate surface area is 136 Å². The number of amides is 1. The third-order valence-electron chi connectivity index (χ3n) is 3.81. The zero-order chi connectivity index (χ0) is 16.2. The van der Waals surface area contributed by atoms with Gasteiger partial charge in [-0.25, -0.2) is 0 Å². The van der Waals surface area contributed by atoms with Crippen molar-refractivity contribution in [2.75, 3.05) is 11.9 Å². The summed E-state index contributed by atoms with van der Waals surface area (Å²) in [7, 11) is 0. The first-order valence-electron chi connectivity index (χ1n) is 8.01. The van der Waals surface area contributed by atoms with Gasteiger partial charge in [0.05, 0.1) is 6.54 Å². The maximum atomic E-state index is 11.9. The molecule has 1 unspecified atom stereocenters. The van der Waals surface area contributed by atoms with Gasteiger partial charge in [0.1, 0.15) is 11.9 Å². The highest BCUT2D eigenvalue weighted by molar-refractivity contribution is 5.94. The molecule has 120 valence electrons. The van der Waals surface area contributed by atoms with Gasteiger partial charge in [-0.15, -0.1) is 0 Å². The number of hydrogen-bond acceptors (Lipinski definition) is 3. The molecule has 1 aliphatic heterocycles. The summed E-state index contributed by atoms with van der Waals surface area (Å²) in [6.07, 6.45) is 1.08. The number of hydrogen-bond donors (Lipinski definition) is 2. The van der Waals surface area contributed by atoms with Crippen molar-refractivity contribution in [1.82, 2.24) is 5.32 Å². The molecule has 0 radical (unpaired) electrons. The van der Waals surface area contributed by atoms with Gasteiger partial charge >= 0.3 is 0 Å². The Bertz CT molecular complexity index is 655. The van der Waals surface area contributed by atoms with Gasteiger partial charge in [-0.2, -0.15) is 0 Å². The average molecular weight is 310 g/mol. The number of rotatable bonds is 5. The molecule has 2 aromatic carbocycles. The van der Waals surface area contributed by atoms with Gasteiger partial charge in [0.15, 0.2) is 0 Å². The summed E-state index contributed by atoms with van der Waals surface area (Å²) in [5.74, 6) is 0.945. The molecule has 1 amide bonds. The lowest BCUT2D eigenvalue weighted by Gasteiger charge is -2.13. The standard InChI is InChI=1S/C19H22N2O2/c1-13(2)21-19(22)14-7-9-16(10-8-14)20-12-17-11-15-5-3-4-6-18(15)23-17/h3-10,13,17,20H,11-12H2,1-2H3,(H,21,22). The van der Waals surface area contributed by atoms with Crippen LogP contribution in [0.1, 0.15) is 29.8 Å². The molecule has 1 heterocycles. The predicted octanol–water partition coefficient (Wildman–Crippen LogP) is 3.24. The van der Waals surface area contributed by atoms with E-state index in [0.29, 0.717) is 5.56 Å². The number of carbonyl (C=O) groups is 1. The maximum absolute atomic E-state index is 11.9. The van der Waals surface area contributed by atoms with Gasteiger partial charge in [-0.1, -0.05) is 18.2 Å². The van der Waals surface area contributed by atoms with Gasteiger partial charge in [0.2, 0.25) is 0 Å². The Morgan fingerprint density at radius 2 is 1.91 bits per heavy atom. The van der Waals surface area contributed by atoms with E-state index in [4.69, 9.17) is 4.74 Å². The number of fused-ring (bicyclic) bond motifs is 1. The molecule has 0 aliphatic carbocycles.